The second kappa shape index (κ2) is 4.72. The smallest absolute Gasteiger partial charge is 0.270 e. The highest BCUT2D eigenvalue weighted by Crippen LogP contribution is 2.39. The van der Waals surface area contributed by atoms with Gasteiger partial charge < -0.3 is 15.6 Å². The summed E-state index contributed by atoms with van der Waals surface area (Å²) in [6.07, 6.45) is -0.906. The maximum Gasteiger partial charge on any atom is 0.270 e. The molecule has 100 valence electrons. The summed E-state index contributed by atoms with van der Waals surface area (Å²) in [7, 11) is 0. The number of halogens is 1. The number of nitro groups is 1. The first-order chi connectivity index (χ1) is 7.83. The molecule has 0 radical (unpaired) electrons. The molecule has 18 heavy (non-hydrogen) atoms. The Morgan fingerprint density at radius 2 is 2.11 bits per heavy atom. The molecular formula is C11H15ClN2O4. The third kappa shape index (κ3) is 2.27. The van der Waals surface area contributed by atoms with E-state index in [4.69, 9.17) is 10.5 Å². The largest absolute Gasteiger partial charge is 0.485 e. The molecule has 1 aromatic rings. The predicted octanol–water partition coefficient (Wildman–Crippen LogP) is 1.55. The highest BCUT2D eigenvalue weighted by molar-refractivity contribution is 5.85. The predicted molar refractivity (Wildman–Crippen MR) is 68.0 cm³/mol. The highest BCUT2D eigenvalue weighted by atomic mass is 35.5. The number of benzene rings is 1. The summed E-state index contributed by atoms with van der Waals surface area (Å²) >= 11 is 0. The number of hydrogen-bond acceptors (Lipinski definition) is 5. The van der Waals surface area contributed by atoms with Crippen molar-refractivity contribution in [2.24, 2.45) is 5.73 Å². The van der Waals surface area contributed by atoms with Gasteiger partial charge in [-0.2, -0.15) is 0 Å². The number of aliphatic hydroxyl groups excluding tert-OH is 1. The fourth-order valence-electron chi connectivity index (χ4n) is 1.95. The maximum absolute atomic E-state index is 10.7. The number of nitro benzene ring substituents is 1. The molecule has 1 aliphatic rings. The standard InChI is InChI=1S/C11H14N2O4.ClH/c1-11(2)10(14)9(12)7-5-6(13(15)16)3-4-8(7)17-11;/h3-5,9-10,14H,12H2,1-2H3;1H/t9-,10+;/m1./s1. The van der Waals surface area contributed by atoms with Crippen molar-refractivity contribution < 1.29 is 14.8 Å². The number of nitrogens with two attached hydrogens (primary N) is 1. The fourth-order valence-corrected chi connectivity index (χ4v) is 1.95. The van der Waals surface area contributed by atoms with E-state index < -0.39 is 22.7 Å². The normalized spacial score (nSPS) is 24.4. The van der Waals surface area contributed by atoms with Crippen molar-refractivity contribution in [2.75, 3.05) is 0 Å². The molecule has 0 saturated heterocycles. The lowest BCUT2D eigenvalue weighted by Gasteiger charge is -2.40. The van der Waals surface area contributed by atoms with Gasteiger partial charge in [-0.1, -0.05) is 0 Å². The minimum atomic E-state index is -0.906. The SMILES string of the molecule is CC1(C)Oc2ccc([N+](=O)[O-])cc2[C@@H](N)[C@@H]1O.Cl. The Kier molecular flexibility index (Phi) is 3.85. The number of ether oxygens (including phenoxy) is 1. The molecule has 0 aliphatic carbocycles. The van der Waals surface area contributed by atoms with Crippen molar-refractivity contribution >= 4 is 18.1 Å². The van der Waals surface area contributed by atoms with E-state index in [0.717, 1.165) is 0 Å². The minimum Gasteiger partial charge on any atom is -0.485 e. The lowest BCUT2D eigenvalue weighted by atomic mass is 9.87. The Morgan fingerprint density at radius 3 is 2.67 bits per heavy atom. The summed E-state index contributed by atoms with van der Waals surface area (Å²) in [6, 6.07) is 3.53. The zero-order valence-electron chi connectivity index (χ0n) is 9.99. The monoisotopic (exact) mass is 274 g/mol. The maximum atomic E-state index is 10.7. The lowest BCUT2D eigenvalue weighted by Crippen LogP contribution is -2.51. The van der Waals surface area contributed by atoms with Crippen LogP contribution in [0.2, 0.25) is 0 Å². The molecule has 0 spiro atoms. The third-order valence-corrected chi connectivity index (χ3v) is 2.99. The first-order valence-electron chi connectivity index (χ1n) is 5.24. The molecule has 2 rings (SSSR count). The van der Waals surface area contributed by atoms with Gasteiger partial charge in [0, 0.05) is 17.7 Å². The number of aliphatic hydroxyl groups is 1. The Balaban J connectivity index is 0.00000162. The summed E-state index contributed by atoms with van der Waals surface area (Å²) in [5.74, 6) is 0.485. The van der Waals surface area contributed by atoms with Gasteiger partial charge in [0.2, 0.25) is 0 Å². The van der Waals surface area contributed by atoms with E-state index in [1.807, 2.05) is 0 Å². The summed E-state index contributed by atoms with van der Waals surface area (Å²) in [5, 5.41) is 20.6. The Labute approximate surface area is 110 Å². The molecule has 0 fully saturated rings. The molecular weight excluding hydrogens is 260 g/mol. The van der Waals surface area contributed by atoms with Gasteiger partial charge >= 0.3 is 0 Å². The summed E-state index contributed by atoms with van der Waals surface area (Å²) in [6.45, 7) is 3.45. The van der Waals surface area contributed by atoms with Gasteiger partial charge in [-0.15, -0.1) is 12.4 Å². The first-order valence-corrected chi connectivity index (χ1v) is 5.24. The van der Waals surface area contributed by atoms with Crippen molar-refractivity contribution in [3.05, 3.63) is 33.9 Å². The van der Waals surface area contributed by atoms with Gasteiger partial charge in [0.1, 0.15) is 17.5 Å². The van der Waals surface area contributed by atoms with Gasteiger partial charge in [0.25, 0.3) is 5.69 Å². The van der Waals surface area contributed by atoms with Gasteiger partial charge in [0.15, 0.2) is 0 Å². The zero-order valence-corrected chi connectivity index (χ0v) is 10.8. The third-order valence-electron chi connectivity index (χ3n) is 2.99. The van der Waals surface area contributed by atoms with Crippen LogP contribution in [0.25, 0.3) is 0 Å². The van der Waals surface area contributed by atoms with E-state index in [1.165, 1.54) is 18.2 Å². The molecule has 2 atom stereocenters. The molecule has 1 aliphatic heterocycles. The molecule has 1 aromatic carbocycles. The highest BCUT2D eigenvalue weighted by Gasteiger charge is 2.41. The molecule has 6 nitrogen and oxygen atoms in total. The second-order valence-corrected chi connectivity index (χ2v) is 4.66. The molecule has 7 heteroatoms. The van der Waals surface area contributed by atoms with Gasteiger partial charge in [-0.05, 0) is 19.9 Å². The summed E-state index contributed by atoms with van der Waals surface area (Å²) in [4.78, 5) is 10.2. The van der Waals surface area contributed by atoms with Crippen LogP contribution in [0.15, 0.2) is 18.2 Å². The van der Waals surface area contributed by atoms with Crippen LogP contribution in [0.3, 0.4) is 0 Å². The number of nitrogens with zero attached hydrogens (tertiary/aromatic N) is 1. The quantitative estimate of drug-likeness (QED) is 0.598. The van der Waals surface area contributed by atoms with Crippen LogP contribution in [-0.2, 0) is 0 Å². The van der Waals surface area contributed by atoms with Crippen LogP contribution in [0.4, 0.5) is 5.69 Å². The van der Waals surface area contributed by atoms with E-state index in [1.54, 1.807) is 13.8 Å². The molecule has 0 unspecified atom stereocenters. The number of rotatable bonds is 1. The van der Waals surface area contributed by atoms with E-state index in [2.05, 4.69) is 0 Å². The van der Waals surface area contributed by atoms with Gasteiger partial charge in [0.05, 0.1) is 11.0 Å². The molecule has 3 N–H and O–H groups in total. The van der Waals surface area contributed by atoms with Crippen LogP contribution in [0.1, 0.15) is 25.5 Å². The van der Waals surface area contributed by atoms with Crippen LogP contribution >= 0.6 is 12.4 Å². The Bertz CT molecular complexity index is 478. The fraction of sp³-hybridized carbons (Fsp3) is 0.455. The van der Waals surface area contributed by atoms with Crippen LogP contribution < -0.4 is 10.5 Å². The van der Waals surface area contributed by atoms with E-state index in [0.29, 0.717) is 11.3 Å². The van der Waals surface area contributed by atoms with Crippen molar-refractivity contribution in [2.45, 2.75) is 31.6 Å². The second-order valence-electron chi connectivity index (χ2n) is 4.66. The number of hydrogen-bond donors (Lipinski definition) is 2. The van der Waals surface area contributed by atoms with Crippen LogP contribution in [0, 0.1) is 10.1 Å². The first kappa shape index (κ1) is 14.7. The Morgan fingerprint density at radius 1 is 1.50 bits per heavy atom. The van der Waals surface area contributed by atoms with Crippen molar-refractivity contribution in [1.29, 1.82) is 0 Å². The number of fused-ring (bicyclic) bond motifs is 1. The molecule has 0 bridgehead atoms. The minimum absolute atomic E-state index is 0. The Hall–Kier alpha value is -1.37. The van der Waals surface area contributed by atoms with E-state index in [-0.39, 0.29) is 18.1 Å². The molecule has 0 amide bonds. The summed E-state index contributed by atoms with van der Waals surface area (Å²) in [5.41, 5.74) is 5.48. The molecule has 0 saturated carbocycles. The molecule has 0 aromatic heterocycles. The van der Waals surface area contributed by atoms with E-state index >= 15 is 0 Å². The van der Waals surface area contributed by atoms with Crippen molar-refractivity contribution in [1.82, 2.24) is 0 Å². The van der Waals surface area contributed by atoms with Crippen LogP contribution in [-0.4, -0.2) is 21.7 Å². The van der Waals surface area contributed by atoms with Gasteiger partial charge in [-0.25, -0.2) is 0 Å². The summed E-state index contributed by atoms with van der Waals surface area (Å²) < 4.78 is 5.58. The van der Waals surface area contributed by atoms with Crippen molar-refractivity contribution in [3.63, 3.8) is 0 Å². The average molecular weight is 275 g/mol. The molecule has 1 heterocycles. The van der Waals surface area contributed by atoms with Crippen molar-refractivity contribution in [3.8, 4) is 5.75 Å². The number of non-ortho nitro benzene ring substituents is 1. The average Bonchev–Trinajstić information content (AvgIpc) is 2.25. The van der Waals surface area contributed by atoms with Crippen LogP contribution in [0.5, 0.6) is 5.75 Å². The zero-order chi connectivity index (χ0) is 12.8. The van der Waals surface area contributed by atoms with Gasteiger partial charge in [-0.3, -0.25) is 10.1 Å². The topological polar surface area (TPSA) is 98.6 Å². The van der Waals surface area contributed by atoms with E-state index in [9.17, 15) is 15.2 Å². The lowest BCUT2D eigenvalue weighted by molar-refractivity contribution is -0.385.